The van der Waals surface area contributed by atoms with Crippen molar-refractivity contribution in [2.24, 2.45) is 0 Å². The van der Waals surface area contributed by atoms with E-state index in [1.807, 2.05) is 54.6 Å². The molecule has 0 radical (unpaired) electrons. The number of hydrogen-bond donors (Lipinski definition) is 0. The number of carbonyl (C=O) groups is 1. The van der Waals surface area contributed by atoms with Crippen LogP contribution in [0.25, 0.3) is 10.2 Å². The van der Waals surface area contributed by atoms with Gasteiger partial charge in [0.05, 0.1) is 21.3 Å². The van der Waals surface area contributed by atoms with Gasteiger partial charge in [0.25, 0.3) is 0 Å². The van der Waals surface area contributed by atoms with Crippen LogP contribution in [0.15, 0.2) is 82.6 Å². The van der Waals surface area contributed by atoms with Gasteiger partial charge in [-0.05, 0) is 36.4 Å². The van der Waals surface area contributed by atoms with Gasteiger partial charge in [-0.3, -0.25) is 0 Å². The minimum atomic E-state index is -0.406. The van der Waals surface area contributed by atoms with Gasteiger partial charge >= 0.3 is 5.97 Å². The highest BCUT2D eigenvalue weighted by molar-refractivity contribution is 7.99. The number of para-hydroxylation sites is 1. The third kappa shape index (κ3) is 3.91. The molecule has 0 bridgehead atoms. The van der Waals surface area contributed by atoms with Crippen LogP contribution in [0.3, 0.4) is 0 Å². The third-order valence-corrected chi connectivity index (χ3v) is 6.16. The van der Waals surface area contributed by atoms with Gasteiger partial charge in [-0.15, -0.1) is 11.3 Å². The van der Waals surface area contributed by atoms with Crippen molar-refractivity contribution in [1.82, 2.24) is 4.98 Å². The molecule has 6 heteroatoms. The highest BCUT2D eigenvalue weighted by atomic mass is 32.2. The van der Waals surface area contributed by atoms with E-state index < -0.39 is 5.97 Å². The molecule has 0 aliphatic carbocycles. The number of hydrogen-bond acceptors (Lipinski definition) is 6. The number of ether oxygens (including phenoxy) is 1. The Morgan fingerprint density at radius 2 is 1.71 bits per heavy atom. The van der Waals surface area contributed by atoms with E-state index in [-0.39, 0.29) is 6.61 Å². The summed E-state index contributed by atoms with van der Waals surface area (Å²) in [6, 6.07) is 24.6. The molecule has 0 spiro atoms. The van der Waals surface area contributed by atoms with Crippen molar-refractivity contribution in [3.05, 3.63) is 88.9 Å². The van der Waals surface area contributed by atoms with Crippen LogP contribution < -0.4 is 0 Å². The lowest BCUT2D eigenvalue weighted by Gasteiger charge is -2.09. The van der Waals surface area contributed by atoms with Gasteiger partial charge in [0, 0.05) is 9.79 Å². The summed E-state index contributed by atoms with van der Waals surface area (Å²) >= 11 is 2.90. The largest absolute Gasteiger partial charge is 0.455 e. The maximum Gasteiger partial charge on any atom is 0.339 e. The van der Waals surface area contributed by atoms with Gasteiger partial charge in [0.1, 0.15) is 17.7 Å². The van der Waals surface area contributed by atoms with Gasteiger partial charge in [-0.1, -0.05) is 48.2 Å². The Balaban J connectivity index is 1.52. The molecule has 1 heterocycles. The molecule has 0 aliphatic heterocycles. The molecule has 0 saturated heterocycles. The maximum atomic E-state index is 12.7. The average molecular weight is 403 g/mol. The van der Waals surface area contributed by atoms with E-state index in [1.54, 1.807) is 18.2 Å². The van der Waals surface area contributed by atoms with Crippen LogP contribution in [-0.4, -0.2) is 11.0 Å². The molecule has 136 valence electrons. The molecule has 0 aliphatic rings. The Bertz CT molecular complexity index is 1160. The van der Waals surface area contributed by atoms with Crippen LogP contribution in [0, 0.1) is 11.3 Å². The number of carbonyl (C=O) groups excluding carboxylic acids is 1. The van der Waals surface area contributed by atoms with Gasteiger partial charge in [0.15, 0.2) is 0 Å². The Kier molecular flexibility index (Phi) is 5.38. The summed E-state index contributed by atoms with van der Waals surface area (Å²) in [5, 5.41) is 10.0. The van der Waals surface area contributed by atoms with E-state index in [9.17, 15) is 10.1 Å². The van der Waals surface area contributed by atoms with Gasteiger partial charge in [-0.2, -0.15) is 5.26 Å². The Morgan fingerprint density at radius 1 is 1.00 bits per heavy atom. The summed E-state index contributed by atoms with van der Waals surface area (Å²) < 4.78 is 6.58. The highest BCUT2D eigenvalue weighted by Gasteiger charge is 2.15. The minimum absolute atomic E-state index is 0.131. The molecule has 0 saturated carbocycles. The average Bonchev–Trinajstić information content (AvgIpc) is 3.16. The molecule has 0 atom stereocenters. The third-order valence-electron chi connectivity index (χ3n) is 4.00. The zero-order valence-electron chi connectivity index (χ0n) is 14.7. The number of aromatic nitrogens is 1. The molecule has 0 fully saturated rings. The zero-order valence-corrected chi connectivity index (χ0v) is 16.3. The number of rotatable bonds is 5. The molecule has 4 rings (SSSR count). The normalized spacial score (nSPS) is 10.5. The molecule has 0 amide bonds. The van der Waals surface area contributed by atoms with Crippen LogP contribution in [0.2, 0.25) is 0 Å². The number of esters is 1. The molecule has 4 aromatic rings. The van der Waals surface area contributed by atoms with E-state index >= 15 is 0 Å². The van der Waals surface area contributed by atoms with Gasteiger partial charge in [0.2, 0.25) is 0 Å². The summed E-state index contributed by atoms with van der Waals surface area (Å²) in [7, 11) is 0. The van der Waals surface area contributed by atoms with Crippen molar-refractivity contribution >= 4 is 39.3 Å². The lowest BCUT2D eigenvalue weighted by molar-refractivity contribution is 0.0468. The predicted molar refractivity (Wildman–Crippen MR) is 110 cm³/mol. The molecular weight excluding hydrogens is 388 g/mol. The molecule has 4 nitrogen and oxygen atoms in total. The molecule has 3 aromatic carbocycles. The Hall–Kier alpha value is -3.14. The summed E-state index contributed by atoms with van der Waals surface area (Å²) in [6.07, 6.45) is 0. The molecule has 28 heavy (non-hydrogen) atoms. The molecule has 0 unspecified atom stereocenters. The summed E-state index contributed by atoms with van der Waals surface area (Å²) in [5.41, 5.74) is 1.95. The zero-order chi connectivity index (χ0) is 19.3. The van der Waals surface area contributed by atoms with E-state index in [2.05, 4.69) is 11.1 Å². The monoisotopic (exact) mass is 402 g/mol. The first-order valence-corrected chi connectivity index (χ1v) is 10.2. The van der Waals surface area contributed by atoms with Gasteiger partial charge < -0.3 is 4.74 Å². The maximum absolute atomic E-state index is 12.7. The quantitative estimate of drug-likeness (QED) is 0.402. The first kappa shape index (κ1) is 18.2. The minimum Gasteiger partial charge on any atom is -0.455 e. The lowest BCUT2D eigenvalue weighted by Crippen LogP contribution is -2.06. The van der Waals surface area contributed by atoms with Gasteiger partial charge in [-0.25, -0.2) is 9.78 Å². The van der Waals surface area contributed by atoms with E-state index in [1.165, 1.54) is 23.1 Å². The summed E-state index contributed by atoms with van der Waals surface area (Å²) in [4.78, 5) is 18.7. The van der Waals surface area contributed by atoms with Crippen molar-refractivity contribution in [2.45, 2.75) is 16.4 Å². The number of benzene rings is 3. The molecule has 0 N–H and O–H groups in total. The Labute approximate surface area is 170 Å². The van der Waals surface area contributed by atoms with Crippen LogP contribution >= 0.6 is 23.1 Å². The first-order chi connectivity index (χ1) is 13.7. The second kappa shape index (κ2) is 8.26. The number of thiazole rings is 1. The fourth-order valence-electron chi connectivity index (χ4n) is 2.68. The van der Waals surface area contributed by atoms with Crippen LogP contribution in [-0.2, 0) is 11.3 Å². The Morgan fingerprint density at radius 3 is 2.54 bits per heavy atom. The molecular formula is C22H14N2O2S2. The summed E-state index contributed by atoms with van der Waals surface area (Å²) in [6.45, 7) is 0.131. The predicted octanol–water partition coefficient (Wildman–Crippen LogP) is 5.68. The van der Waals surface area contributed by atoms with E-state index in [0.29, 0.717) is 11.1 Å². The fourth-order valence-corrected chi connectivity index (χ4v) is 4.57. The topological polar surface area (TPSA) is 63.0 Å². The van der Waals surface area contributed by atoms with Crippen LogP contribution in [0.4, 0.5) is 0 Å². The second-order valence-electron chi connectivity index (χ2n) is 5.86. The SMILES string of the molecule is N#Cc1ccccc1Sc1ccccc1C(=O)OCc1nc2ccccc2s1. The van der Waals surface area contributed by atoms with Crippen LogP contribution in [0.5, 0.6) is 0 Å². The van der Waals surface area contributed by atoms with Crippen molar-refractivity contribution in [1.29, 1.82) is 5.26 Å². The number of nitriles is 1. The van der Waals surface area contributed by atoms with Crippen molar-refractivity contribution < 1.29 is 9.53 Å². The van der Waals surface area contributed by atoms with Crippen LogP contribution in [0.1, 0.15) is 20.9 Å². The van der Waals surface area contributed by atoms with E-state index in [0.717, 1.165) is 25.0 Å². The summed E-state index contributed by atoms with van der Waals surface area (Å²) in [5.74, 6) is -0.406. The van der Waals surface area contributed by atoms with Crippen molar-refractivity contribution in [2.75, 3.05) is 0 Å². The van der Waals surface area contributed by atoms with E-state index in [4.69, 9.17) is 4.74 Å². The van der Waals surface area contributed by atoms with Crippen molar-refractivity contribution in [3.63, 3.8) is 0 Å². The standard InChI is InChI=1S/C22H14N2O2S2/c23-13-15-7-1-4-10-18(15)27-19-11-5-2-8-16(19)22(25)26-14-21-24-17-9-3-6-12-20(17)28-21/h1-12H,14H2. The first-order valence-electron chi connectivity index (χ1n) is 8.52. The number of nitrogens with zero attached hydrogens (tertiary/aromatic N) is 2. The lowest BCUT2D eigenvalue weighted by atomic mass is 10.2. The number of fused-ring (bicyclic) bond motifs is 1. The van der Waals surface area contributed by atoms with Crippen molar-refractivity contribution in [3.8, 4) is 6.07 Å². The molecule has 1 aromatic heterocycles. The fraction of sp³-hybridized carbons (Fsp3) is 0.0455. The second-order valence-corrected chi connectivity index (χ2v) is 8.06. The highest BCUT2D eigenvalue weighted by Crippen LogP contribution is 2.33. The smallest absolute Gasteiger partial charge is 0.339 e.